The standard InChI is InChI=1S/C20H14ClF3O3/c1-2-9-19(11-15(19)18(25)26)12-3-6-14(7-4-12)27-17-8-5-13(10-16(17)21)20(22,23)24/h3-8,10,15H,11H2,1H3,(H,25,26)/t15-,19-/m1/s1. The Balaban J connectivity index is 1.81. The quantitative estimate of drug-likeness (QED) is 0.695. The highest BCUT2D eigenvalue weighted by Crippen LogP contribution is 2.54. The molecular weight excluding hydrogens is 381 g/mol. The highest BCUT2D eigenvalue weighted by Gasteiger charge is 2.59. The maximum absolute atomic E-state index is 12.7. The molecule has 0 amide bonds. The third-order valence-corrected chi connectivity index (χ3v) is 4.76. The van der Waals surface area contributed by atoms with Crippen molar-refractivity contribution in [2.24, 2.45) is 5.92 Å². The van der Waals surface area contributed by atoms with Gasteiger partial charge in [-0.3, -0.25) is 4.79 Å². The van der Waals surface area contributed by atoms with Crippen molar-refractivity contribution < 1.29 is 27.8 Å². The molecule has 0 saturated heterocycles. The molecule has 1 aliphatic rings. The number of benzene rings is 2. The van der Waals surface area contributed by atoms with Crippen LogP contribution in [0.1, 0.15) is 24.5 Å². The van der Waals surface area contributed by atoms with E-state index in [1.165, 1.54) is 0 Å². The minimum absolute atomic E-state index is 0.0929. The van der Waals surface area contributed by atoms with Crippen molar-refractivity contribution in [2.45, 2.75) is 24.9 Å². The molecule has 2 atom stereocenters. The van der Waals surface area contributed by atoms with Crippen LogP contribution in [0, 0.1) is 17.8 Å². The predicted molar refractivity (Wildman–Crippen MR) is 93.8 cm³/mol. The van der Waals surface area contributed by atoms with Gasteiger partial charge in [0.1, 0.15) is 11.5 Å². The Hall–Kier alpha value is -2.65. The number of aliphatic carboxylic acids is 1. The molecule has 0 radical (unpaired) electrons. The molecule has 1 saturated carbocycles. The molecule has 0 spiro atoms. The summed E-state index contributed by atoms with van der Waals surface area (Å²) in [5.74, 6) is 4.77. The van der Waals surface area contributed by atoms with E-state index in [1.807, 2.05) is 0 Å². The lowest BCUT2D eigenvalue weighted by Crippen LogP contribution is -2.13. The third-order valence-electron chi connectivity index (χ3n) is 4.46. The molecule has 0 aromatic heterocycles. The Morgan fingerprint density at radius 2 is 1.93 bits per heavy atom. The van der Waals surface area contributed by atoms with Crippen LogP contribution in [0.25, 0.3) is 0 Å². The number of ether oxygens (including phenoxy) is 1. The molecule has 0 aliphatic heterocycles. The van der Waals surface area contributed by atoms with Gasteiger partial charge in [0.05, 0.1) is 21.9 Å². The van der Waals surface area contributed by atoms with E-state index in [0.29, 0.717) is 12.2 Å². The minimum Gasteiger partial charge on any atom is -0.481 e. The van der Waals surface area contributed by atoms with Gasteiger partial charge in [0, 0.05) is 0 Å². The number of alkyl halides is 3. The normalized spacial score (nSPS) is 21.1. The lowest BCUT2D eigenvalue weighted by Gasteiger charge is -2.13. The number of halogens is 4. The van der Waals surface area contributed by atoms with Crippen molar-refractivity contribution in [1.29, 1.82) is 0 Å². The van der Waals surface area contributed by atoms with Gasteiger partial charge in [0.2, 0.25) is 0 Å². The molecule has 3 rings (SSSR count). The summed E-state index contributed by atoms with van der Waals surface area (Å²) < 4.78 is 43.6. The van der Waals surface area contributed by atoms with Crippen molar-refractivity contribution in [1.82, 2.24) is 0 Å². The largest absolute Gasteiger partial charge is 0.481 e. The van der Waals surface area contributed by atoms with Crippen molar-refractivity contribution in [3.63, 3.8) is 0 Å². The Morgan fingerprint density at radius 3 is 2.41 bits per heavy atom. The SMILES string of the molecule is CC#C[C@]1(c2ccc(Oc3ccc(C(F)(F)F)cc3Cl)cc2)C[C@@H]1C(=O)O. The molecule has 7 heteroatoms. The average Bonchev–Trinajstić information content (AvgIpc) is 3.32. The molecule has 2 aromatic carbocycles. The monoisotopic (exact) mass is 394 g/mol. The van der Waals surface area contributed by atoms with Crippen LogP contribution in [-0.4, -0.2) is 11.1 Å². The summed E-state index contributed by atoms with van der Waals surface area (Å²) in [5.41, 5.74) is -0.802. The number of carboxylic acids is 1. The Kier molecular flexibility index (Phi) is 4.83. The predicted octanol–water partition coefficient (Wildman–Crippen LogP) is 5.52. The van der Waals surface area contributed by atoms with Gasteiger partial charge in [-0.15, -0.1) is 5.92 Å². The van der Waals surface area contributed by atoms with Crippen LogP contribution in [-0.2, 0) is 16.4 Å². The van der Waals surface area contributed by atoms with Gasteiger partial charge in [0.15, 0.2) is 0 Å². The second-order valence-electron chi connectivity index (χ2n) is 6.21. The Bertz CT molecular complexity index is 942. The van der Waals surface area contributed by atoms with E-state index in [4.69, 9.17) is 16.3 Å². The topological polar surface area (TPSA) is 46.5 Å². The highest BCUT2D eigenvalue weighted by atomic mass is 35.5. The van der Waals surface area contributed by atoms with Crippen LogP contribution in [0.15, 0.2) is 42.5 Å². The zero-order valence-corrected chi connectivity index (χ0v) is 14.9. The first-order chi connectivity index (χ1) is 12.7. The molecule has 1 aliphatic carbocycles. The van der Waals surface area contributed by atoms with Gasteiger partial charge in [-0.05, 0) is 49.2 Å². The summed E-state index contributed by atoms with van der Waals surface area (Å²) in [6, 6.07) is 9.49. The molecule has 3 nitrogen and oxygen atoms in total. The fourth-order valence-electron chi connectivity index (χ4n) is 3.02. The van der Waals surface area contributed by atoms with Crippen LogP contribution in [0.2, 0.25) is 5.02 Å². The molecule has 0 unspecified atom stereocenters. The second-order valence-corrected chi connectivity index (χ2v) is 6.62. The van der Waals surface area contributed by atoms with E-state index in [2.05, 4.69) is 11.8 Å². The summed E-state index contributed by atoms with van der Waals surface area (Å²) in [6.07, 6.45) is -4.04. The fourth-order valence-corrected chi connectivity index (χ4v) is 3.24. The first-order valence-electron chi connectivity index (χ1n) is 7.99. The molecular formula is C20H14ClF3O3. The fraction of sp³-hybridized carbons (Fsp3) is 0.250. The number of carbonyl (C=O) groups is 1. The van der Waals surface area contributed by atoms with E-state index in [0.717, 1.165) is 23.8 Å². The van der Waals surface area contributed by atoms with Crippen molar-refractivity contribution in [3.8, 4) is 23.3 Å². The van der Waals surface area contributed by atoms with Crippen molar-refractivity contribution >= 4 is 17.6 Å². The van der Waals surface area contributed by atoms with Crippen LogP contribution < -0.4 is 4.74 Å². The first kappa shape index (κ1) is 19.1. The number of hydrogen-bond acceptors (Lipinski definition) is 2. The average molecular weight is 395 g/mol. The van der Waals surface area contributed by atoms with E-state index in [9.17, 15) is 23.1 Å². The number of carboxylic acid groups (broad SMARTS) is 1. The molecule has 27 heavy (non-hydrogen) atoms. The van der Waals surface area contributed by atoms with E-state index < -0.39 is 29.0 Å². The van der Waals surface area contributed by atoms with Gasteiger partial charge in [-0.1, -0.05) is 29.7 Å². The van der Waals surface area contributed by atoms with E-state index in [1.54, 1.807) is 31.2 Å². The van der Waals surface area contributed by atoms with Gasteiger partial charge >= 0.3 is 12.1 Å². The van der Waals surface area contributed by atoms with Crippen molar-refractivity contribution in [3.05, 3.63) is 58.6 Å². The molecule has 2 aromatic rings. The van der Waals surface area contributed by atoms with Crippen LogP contribution in [0.5, 0.6) is 11.5 Å². The zero-order chi connectivity index (χ0) is 19.8. The molecule has 0 bridgehead atoms. The summed E-state index contributed by atoms with van der Waals surface area (Å²) in [5, 5.41) is 9.09. The summed E-state index contributed by atoms with van der Waals surface area (Å²) in [6.45, 7) is 1.66. The summed E-state index contributed by atoms with van der Waals surface area (Å²) in [4.78, 5) is 11.3. The van der Waals surface area contributed by atoms with E-state index in [-0.39, 0.29) is 10.8 Å². The first-order valence-corrected chi connectivity index (χ1v) is 8.37. The van der Waals surface area contributed by atoms with E-state index >= 15 is 0 Å². The minimum atomic E-state index is -4.48. The van der Waals surface area contributed by atoms with Crippen LogP contribution >= 0.6 is 11.6 Å². The summed E-state index contributed by atoms with van der Waals surface area (Å²) >= 11 is 5.89. The molecule has 140 valence electrons. The van der Waals surface area contributed by atoms with Gasteiger partial charge in [-0.25, -0.2) is 0 Å². The lowest BCUT2D eigenvalue weighted by molar-refractivity contribution is -0.139. The molecule has 1 N–H and O–H groups in total. The maximum atomic E-state index is 12.7. The molecule has 0 heterocycles. The summed E-state index contributed by atoms with van der Waals surface area (Å²) in [7, 11) is 0. The van der Waals surface area contributed by atoms with Crippen molar-refractivity contribution in [2.75, 3.05) is 0 Å². The lowest BCUT2D eigenvalue weighted by atomic mass is 9.93. The van der Waals surface area contributed by atoms with Gasteiger partial charge < -0.3 is 9.84 Å². The Labute approximate surface area is 158 Å². The number of hydrogen-bond donors (Lipinski definition) is 1. The zero-order valence-electron chi connectivity index (χ0n) is 14.1. The van der Waals surface area contributed by atoms with Gasteiger partial charge in [-0.2, -0.15) is 13.2 Å². The van der Waals surface area contributed by atoms with Gasteiger partial charge in [0.25, 0.3) is 0 Å². The highest BCUT2D eigenvalue weighted by molar-refractivity contribution is 6.32. The Morgan fingerprint density at radius 1 is 1.26 bits per heavy atom. The van der Waals surface area contributed by atoms with Crippen LogP contribution in [0.3, 0.4) is 0 Å². The van der Waals surface area contributed by atoms with Crippen LogP contribution in [0.4, 0.5) is 13.2 Å². The third kappa shape index (κ3) is 3.74. The smallest absolute Gasteiger partial charge is 0.416 e. The number of rotatable bonds is 4. The second kappa shape index (κ2) is 6.82. The maximum Gasteiger partial charge on any atom is 0.416 e. The molecule has 1 fully saturated rings.